The van der Waals surface area contributed by atoms with Crippen LogP contribution in [0, 0.1) is 11.3 Å². The predicted molar refractivity (Wildman–Crippen MR) is 135 cm³/mol. The number of benzene rings is 2. The van der Waals surface area contributed by atoms with E-state index in [0.717, 1.165) is 23.1 Å². The fraction of sp³-hybridized carbons (Fsp3) is 0.269. The third-order valence-corrected chi connectivity index (χ3v) is 6.65. The summed E-state index contributed by atoms with van der Waals surface area (Å²) >= 11 is 5.94. The van der Waals surface area contributed by atoms with Gasteiger partial charge in [-0.15, -0.1) is 0 Å². The van der Waals surface area contributed by atoms with Crippen molar-refractivity contribution < 1.29 is 9.59 Å². The van der Waals surface area contributed by atoms with E-state index < -0.39 is 11.5 Å². The predicted octanol–water partition coefficient (Wildman–Crippen LogP) is 2.65. The molecule has 182 valence electrons. The second kappa shape index (κ2) is 9.93. The van der Waals surface area contributed by atoms with E-state index in [1.807, 2.05) is 6.07 Å². The Morgan fingerprint density at radius 3 is 2.50 bits per heavy atom. The lowest BCUT2D eigenvalue weighted by Gasteiger charge is -2.33. The highest BCUT2D eigenvalue weighted by molar-refractivity contribution is 6.30. The Labute approximate surface area is 212 Å². The number of amides is 2. The van der Waals surface area contributed by atoms with Crippen LogP contribution in [0.25, 0.3) is 11.3 Å². The fourth-order valence-corrected chi connectivity index (χ4v) is 4.83. The summed E-state index contributed by atoms with van der Waals surface area (Å²) in [5.41, 5.74) is 1.74. The molecule has 0 spiro atoms. The van der Waals surface area contributed by atoms with Crippen LogP contribution in [0.4, 0.5) is 5.69 Å². The zero-order valence-corrected chi connectivity index (χ0v) is 20.0. The number of hydrogen-bond acceptors (Lipinski definition) is 6. The molecule has 10 heteroatoms. The smallest absolute Gasteiger partial charge is 0.267 e. The summed E-state index contributed by atoms with van der Waals surface area (Å²) in [7, 11) is 0. The molecule has 5 rings (SSSR count). The van der Waals surface area contributed by atoms with Crippen molar-refractivity contribution in [2.24, 2.45) is 0 Å². The van der Waals surface area contributed by atoms with Gasteiger partial charge in [0.1, 0.15) is 6.54 Å². The Morgan fingerprint density at radius 1 is 1.08 bits per heavy atom. The molecule has 2 amide bonds. The highest BCUT2D eigenvalue weighted by atomic mass is 35.5. The van der Waals surface area contributed by atoms with Gasteiger partial charge in [-0.1, -0.05) is 23.7 Å². The van der Waals surface area contributed by atoms with Gasteiger partial charge < -0.3 is 15.5 Å². The van der Waals surface area contributed by atoms with Crippen LogP contribution in [0.5, 0.6) is 0 Å². The molecular formula is C26H23ClN6O3. The minimum absolute atomic E-state index is 0.172. The molecule has 2 aliphatic rings. The number of anilines is 1. The van der Waals surface area contributed by atoms with Gasteiger partial charge in [0.2, 0.25) is 5.91 Å². The van der Waals surface area contributed by atoms with E-state index >= 15 is 0 Å². The molecule has 0 aliphatic carbocycles. The number of nitrogens with zero attached hydrogens (tertiary/aromatic N) is 4. The average molecular weight is 503 g/mol. The first-order chi connectivity index (χ1) is 17.4. The van der Waals surface area contributed by atoms with Crippen molar-refractivity contribution in [1.29, 1.82) is 5.26 Å². The van der Waals surface area contributed by atoms with Crippen molar-refractivity contribution in [1.82, 2.24) is 20.0 Å². The highest BCUT2D eigenvalue weighted by Crippen LogP contribution is 2.23. The van der Waals surface area contributed by atoms with Crippen molar-refractivity contribution in [3.8, 4) is 17.3 Å². The van der Waals surface area contributed by atoms with Crippen molar-refractivity contribution in [3.05, 3.63) is 81.1 Å². The molecule has 2 N–H and O–H groups in total. The monoisotopic (exact) mass is 502 g/mol. The Bertz CT molecular complexity index is 1420. The van der Waals surface area contributed by atoms with Crippen LogP contribution in [-0.4, -0.2) is 51.7 Å². The van der Waals surface area contributed by atoms with Crippen LogP contribution in [0.15, 0.2) is 59.4 Å². The van der Waals surface area contributed by atoms with Crippen molar-refractivity contribution in [2.75, 3.05) is 18.4 Å². The molecule has 2 aromatic carbocycles. The van der Waals surface area contributed by atoms with Gasteiger partial charge in [-0.05, 0) is 49.2 Å². The van der Waals surface area contributed by atoms with E-state index in [0.29, 0.717) is 47.1 Å². The molecule has 2 aliphatic heterocycles. The number of carbonyl (C=O) groups is 2. The first kappa shape index (κ1) is 23.7. The maximum atomic E-state index is 13.2. The number of fused-ring (bicyclic) bond motifs is 2. The summed E-state index contributed by atoms with van der Waals surface area (Å²) in [4.78, 5) is 40.1. The maximum Gasteiger partial charge on any atom is 0.267 e. The van der Waals surface area contributed by atoms with Gasteiger partial charge in [0.25, 0.3) is 11.5 Å². The zero-order chi connectivity index (χ0) is 25.2. The molecule has 2 atom stereocenters. The molecule has 3 heterocycles. The van der Waals surface area contributed by atoms with Crippen LogP contribution in [0.2, 0.25) is 5.02 Å². The summed E-state index contributed by atoms with van der Waals surface area (Å²) in [6, 6.07) is 17.1. The number of rotatable bonds is 5. The van der Waals surface area contributed by atoms with Gasteiger partial charge in [0, 0.05) is 53.1 Å². The summed E-state index contributed by atoms with van der Waals surface area (Å²) in [6.07, 6.45) is 2.08. The van der Waals surface area contributed by atoms with E-state index in [4.69, 9.17) is 11.6 Å². The second-order valence-electron chi connectivity index (χ2n) is 9.03. The minimum Gasteiger partial charge on any atom is -0.336 e. The van der Waals surface area contributed by atoms with Crippen LogP contribution >= 0.6 is 11.6 Å². The van der Waals surface area contributed by atoms with E-state index in [-0.39, 0.29) is 18.0 Å². The first-order valence-electron chi connectivity index (χ1n) is 11.6. The summed E-state index contributed by atoms with van der Waals surface area (Å²) in [5, 5.41) is 20.5. The first-order valence-corrected chi connectivity index (χ1v) is 12.0. The van der Waals surface area contributed by atoms with Crippen molar-refractivity contribution in [2.45, 2.75) is 31.5 Å². The Balaban J connectivity index is 1.33. The lowest BCUT2D eigenvalue weighted by Crippen LogP contribution is -2.53. The summed E-state index contributed by atoms with van der Waals surface area (Å²) in [5.74, 6) is -0.680. The molecule has 2 fully saturated rings. The van der Waals surface area contributed by atoms with Crippen LogP contribution in [0.1, 0.15) is 28.8 Å². The standard InChI is InChI=1S/C26H23ClN6O3/c27-19-3-1-17(2-4-19)23-7-8-25(35)33(31-23)15-24(34)30-22-10-16(12-28)9-18(11-22)26(36)32-13-20-5-6-21(14-32)29-20/h1-4,7-11,20-21,29H,5-6,13-15H2,(H,30,34). The maximum absolute atomic E-state index is 13.2. The fourth-order valence-electron chi connectivity index (χ4n) is 4.71. The Kier molecular flexibility index (Phi) is 6.55. The van der Waals surface area contributed by atoms with Crippen molar-refractivity contribution >= 4 is 29.1 Å². The molecule has 3 aromatic rings. The number of piperazine rings is 1. The number of halogens is 1. The molecule has 2 unspecified atom stereocenters. The van der Waals surface area contributed by atoms with E-state index in [9.17, 15) is 19.6 Å². The van der Waals surface area contributed by atoms with Crippen LogP contribution in [-0.2, 0) is 11.3 Å². The molecule has 0 saturated carbocycles. The largest absolute Gasteiger partial charge is 0.336 e. The number of hydrogen-bond donors (Lipinski definition) is 2. The molecule has 36 heavy (non-hydrogen) atoms. The van der Waals surface area contributed by atoms with Crippen LogP contribution < -0.4 is 16.2 Å². The van der Waals surface area contributed by atoms with Gasteiger partial charge in [0.15, 0.2) is 0 Å². The highest BCUT2D eigenvalue weighted by Gasteiger charge is 2.34. The molecular weight excluding hydrogens is 480 g/mol. The van der Waals surface area contributed by atoms with Gasteiger partial charge in [-0.2, -0.15) is 10.4 Å². The molecule has 9 nitrogen and oxygen atoms in total. The van der Waals surface area contributed by atoms with E-state index in [2.05, 4.69) is 15.7 Å². The number of aromatic nitrogens is 2. The number of likely N-dealkylation sites (tertiary alicyclic amines) is 1. The third-order valence-electron chi connectivity index (χ3n) is 6.40. The van der Waals surface area contributed by atoms with Gasteiger partial charge in [-0.3, -0.25) is 14.4 Å². The Hall–Kier alpha value is -4.00. The van der Waals surface area contributed by atoms with E-state index in [1.165, 1.54) is 18.2 Å². The quantitative estimate of drug-likeness (QED) is 0.553. The van der Waals surface area contributed by atoms with Crippen molar-refractivity contribution in [3.63, 3.8) is 0 Å². The molecule has 0 radical (unpaired) electrons. The van der Waals surface area contributed by atoms with E-state index in [1.54, 1.807) is 41.3 Å². The summed E-state index contributed by atoms with van der Waals surface area (Å²) < 4.78 is 1.07. The van der Waals surface area contributed by atoms with Gasteiger partial charge in [0.05, 0.1) is 17.3 Å². The lowest BCUT2D eigenvalue weighted by atomic mass is 10.1. The zero-order valence-electron chi connectivity index (χ0n) is 19.3. The van der Waals surface area contributed by atoms with Gasteiger partial charge in [-0.25, -0.2) is 4.68 Å². The molecule has 1 aromatic heterocycles. The third kappa shape index (κ3) is 5.15. The Morgan fingerprint density at radius 2 is 1.81 bits per heavy atom. The topological polar surface area (TPSA) is 120 Å². The number of nitriles is 1. The normalized spacial score (nSPS) is 18.5. The molecule has 2 saturated heterocycles. The second-order valence-corrected chi connectivity index (χ2v) is 9.46. The SMILES string of the molecule is N#Cc1cc(NC(=O)Cn2nc(-c3ccc(Cl)cc3)ccc2=O)cc(C(=O)N2CC3CCC(C2)N3)c1. The lowest BCUT2D eigenvalue weighted by molar-refractivity contribution is -0.117. The molecule has 2 bridgehead atoms. The number of carbonyl (C=O) groups excluding carboxylic acids is 2. The number of nitrogens with one attached hydrogen (secondary N) is 2. The van der Waals surface area contributed by atoms with Crippen LogP contribution in [0.3, 0.4) is 0 Å². The van der Waals surface area contributed by atoms with Gasteiger partial charge >= 0.3 is 0 Å². The minimum atomic E-state index is -0.508. The summed E-state index contributed by atoms with van der Waals surface area (Å²) in [6.45, 7) is 0.903. The average Bonchev–Trinajstić information content (AvgIpc) is 3.22.